The van der Waals surface area contributed by atoms with Crippen LogP contribution in [0.25, 0.3) is 10.9 Å². The van der Waals surface area contributed by atoms with Gasteiger partial charge in [-0.25, -0.2) is 0 Å². The van der Waals surface area contributed by atoms with Gasteiger partial charge in [-0.05, 0) is 54.5 Å². The van der Waals surface area contributed by atoms with Crippen LogP contribution in [0.2, 0.25) is 0 Å². The SMILES string of the molecule is C=C(C1CCCC1)N1CCc2c([nH]c3ccccc23)C1c1ccc(C(F)(F)F)cc1. The summed E-state index contributed by atoms with van der Waals surface area (Å²) in [6.07, 6.45) is 1.32. The smallest absolute Gasteiger partial charge is 0.362 e. The highest BCUT2D eigenvalue weighted by Crippen LogP contribution is 2.44. The zero-order valence-corrected chi connectivity index (χ0v) is 16.8. The summed E-state index contributed by atoms with van der Waals surface area (Å²) in [6, 6.07) is 13.7. The maximum atomic E-state index is 13.1. The molecule has 1 aliphatic heterocycles. The summed E-state index contributed by atoms with van der Waals surface area (Å²) in [5, 5.41) is 1.20. The second-order valence-corrected chi connectivity index (χ2v) is 8.50. The van der Waals surface area contributed by atoms with Gasteiger partial charge in [-0.1, -0.05) is 49.8 Å². The van der Waals surface area contributed by atoms with E-state index in [9.17, 15) is 13.2 Å². The van der Waals surface area contributed by atoms with Crippen LogP contribution in [0.4, 0.5) is 13.2 Å². The van der Waals surface area contributed by atoms with Crippen LogP contribution in [0.1, 0.15) is 54.1 Å². The quantitative estimate of drug-likeness (QED) is 0.501. The zero-order chi connectivity index (χ0) is 20.9. The molecule has 2 aliphatic rings. The topological polar surface area (TPSA) is 19.0 Å². The summed E-state index contributed by atoms with van der Waals surface area (Å²) in [5.74, 6) is 0.466. The number of rotatable bonds is 3. The Morgan fingerprint density at radius 3 is 2.40 bits per heavy atom. The molecule has 30 heavy (non-hydrogen) atoms. The van der Waals surface area contributed by atoms with Crippen molar-refractivity contribution in [2.45, 2.75) is 44.3 Å². The first kappa shape index (κ1) is 19.3. The monoisotopic (exact) mass is 410 g/mol. The molecule has 0 bridgehead atoms. The van der Waals surface area contributed by atoms with Crippen molar-refractivity contribution in [3.63, 3.8) is 0 Å². The molecule has 5 heteroatoms. The maximum absolute atomic E-state index is 13.1. The van der Waals surface area contributed by atoms with Crippen LogP contribution in [-0.2, 0) is 12.6 Å². The summed E-state index contributed by atoms with van der Waals surface area (Å²) in [5.41, 5.74) is 4.82. The summed E-state index contributed by atoms with van der Waals surface area (Å²) in [4.78, 5) is 5.91. The third kappa shape index (κ3) is 3.21. The summed E-state index contributed by atoms with van der Waals surface area (Å²) >= 11 is 0. The number of fused-ring (bicyclic) bond motifs is 3. The van der Waals surface area contributed by atoms with Crippen LogP contribution < -0.4 is 0 Å². The Hall–Kier alpha value is -2.69. The van der Waals surface area contributed by atoms with Crippen molar-refractivity contribution in [1.29, 1.82) is 0 Å². The molecule has 0 amide bonds. The van der Waals surface area contributed by atoms with Crippen molar-refractivity contribution in [3.8, 4) is 0 Å². The van der Waals surface area contributed by atoms with Crippen LogP contribution in [0.15, 0.2) is 60.8 Å². The Balaban J connectivity index is 1.61. The number of aromatic nitrogens is 1. The molecule has 1 unspecified atom stereocenters. The van der Waals surface area contributed by atoms with Gasteiger partial charge >= 0.3 is 6.18 Å². The van der Waals surface area contributed by atoms with Crippen molar-refractivity contribution in [2.75, 3.05) is 6.54 Å². The van der Waals surface area contributed by atoms with Crippen LogP contribution in [-0.4, -0.2) is 16.4 Å². The lowest BCUT2D eigenvalue weighted by atomic mass is 9.89. The number of hydrogen-bond donors (Lipinski definition) is 1. The summed E-state index contributed by atoms with van der Waals surface area (Å²) < 4.78 is 39.4. The molecule has 2 nitrogen and oxygen atoms in total. The molecule has 1 aliphatic carbocycles. The van der Waals surface area contributed by atoms with E-state index in [1.54, 1.807) is 12.1 Å². The average molecular weight is 410 g/mol. The fourth-order valence-electron chi connectivity index (χ4n) is 5.24. The van der Waals surface area contributed by atoms with Crippen LogP contribution in [0, 0.1) is 5.92 Å². The molecule has 1 atom stereocenters. The summed E-state index contributed by atoms with van der Waals surface area (Å²) in [6.45, 7) is 5.28. The van der Waals surface area contributed by atoms with E-state index in [0.717, 1.165) is 48.3 Å². The van der Waals surface area contributed by atoms with Gasteiger partial charge in [0.05, 0.1) is 11.6 Å². The molecule has 3 aromatic rings. The van der Waals surface area contributed by atoms with Crippen LogP contribution in [0.5, 0.6) is 0 Å². The second-order valence-electron chi connectivity index (χ2n) is 8.50. The first-order valence-electron chi connectivity index (χ1n) is 10.7. The second kappa shape index (κ2) is 7.22. The van der Waals surface area contributed by atoms with Gasteiger partial charge in [0.15, 0.2) is 0 Å². The average Bonchev–Trinajstić information content (AvgIpc) is 3.40. The van der Waals surface area contributed by atoms with Crippen molar-refractivity contribution in [1.82, 2.24) is 9.88 Å². The molecular formula is C25H25F3N2. The standard InChI is InChI=1S/C25H25F3N2/c1-16(17-6-2-3-7-17)30-15-14-21-20-8-4-5-9-22(20)29-23(21)24(30)18-10-12-19(13-11-18)25(26,27)28/h4-5,8-13,17,24,29H,1-3,6-7,14-15H2. The molecule has 1 saturated carbocycles. The zero-order valence-electron chi connectivity index (χ0n) is 16.8. The van der Waals surface area contributed by atoms with E-state index in [4.69, 9.17) is 0 Å². The Morgan fingerprint density at radius 1 is 1.00 bits per heavy atom. The van der Waals surface area contributed by atoms with Crippen molar-refractivity contribution < 1.29 is 13.2 Å². The Labute approximate surface area is 174 Å². The Kier molecular flexibility index (Phi) is 4.64. The van der Waals surface area contributed by atoms with E-state index in [1.807, 2.05) is 12.1 Å². The predicted molar refractivity (Wildman–Crippen MR) is 113 cm³/mol. The number of para-hydroxylation sites is 1. The minimum absolute atomic E-state index is 0.142. The number of nitrogens with one attached hydrogen (secondary N) is 1. The minimum atomic E-state index is -4.33. The van der Waals surface area contributed by atoms with Crippen molar-refractivity contribution in [2.24, 2.45) is 5.92 Å². The highest BCUT2D eigenvalue weighted by atomic mass is 19.4. The normalized spacial score (nSPS) is 20.0. The number of hydrogen-bond acceptors (Lipinski definition) is 1. The number of H-pyrrole nitrogens is 1. The molecule has 1 aromatic heterocycles. The molecule has 0 radical (unpaired) electrons. The van der Waals surface area contributed by atoms with E-state index >= 15 is 0 Å². The molecule has 1 N–H and O–H groups in total. The van der Waals surface area contributed by atoms with E-state index < -0.39 is 11.7 Å². The molecule has 2 heterocycles. The molecule has 2 aromatic carbocycles. The van der Waals surface area contributed by atoms with Gasteiger partial charge in [-0.3, -0.25) is 0 Å². The van der Waals surface area contributed by atoms with E-state index in [2.05, 4.69) is 28.6 Å². The minimum Gasteiger partial charge on any atom is -0.362 e. The fraction of sp³-hybridized carbons (Fsp3) is 0.360. The molecule has 156 valence electrons. The van der Waals surface area contributed by atoms with Gasteiger partial charge < -0.3 is 9.88 Å². The third-order valence-electron chi connectivity index (χ3n) is 6.78. The molecule has 0 saturated heterocycles. The molecular weight excluding hydrogens is 385 g/mol. The van der Waals surface area contributed by atoms with E-state index in [1.165, 1.54) is 35.9 Å². The number of alkyl halides is 3. The maximum Gasteiger partial charge on any atom is 0.416 e. The van der Waals surface area contributed by atoms with Crippen molar-refractivity contribution in [3.05, 3.63) is 83.2 Å². The number of halogens is 3. The summed E-state index contributed by atoms with van der Waals surface area (Å²) in [7, 11) is 0. The van der Waals surface area contributed by atoms with Gasteiger partial charge in [0.1, 0.15) is 0 Å². The first-order valence-corrected chi connectivity index (χ1v) is 10.7. The molecule has 0 spiro atoms. The molecule has 1 fully saturated rings. The number of allylic oxidation sites excluding steroid dienone is 1. The molecule has 5 rings (SSSR count). The lowest BCUT2D eigenvalue weighted by molar-refractivity contribution is -0.137. The Morgan fingerprint density at radius 2 is 1.70 bits per heavy atom. The lowest BCUT2D eigenvalue weighted by Crippen LogP contribution is -2.37. The van der Waals surface area contributed by atoms with Gasteiger partial charge in [-0.2, -0.15) is 13.2 Å². The highest BCUT2D eigenvalue weighted by Gasteiger charge is 2.36. The van der Waals surface area contributed by atoms with Gasteiger partial charge in [0.2, 0.25) is 0 Å². The number of nitrogens with zero attached hydrogens (tertiary/aromatic N) is 1. The van der Waals surface area contributed by atoms with Gasteiger partial charge in [0.25, 0.3) is 0 Å². The lowest BCUT2D eigenvalue weighted by Gasteiger charge is -2.41. The largest absolute Gasteiger partial charge is 0.416 e. The first-order chi connectivity index (χ1) is 14.4. The Bertz CT molecular complexity index is 1070. The van der Waals surface area contributed by atoms with Crippen LogP contribution >= 0.6 is 0 Å². The predicted octanol–water partition coefficient (Wildman–Crippen LogP) is 6.84. The fourth-order valence-corrected chi connectivity index (χ4v) is 5.24. The van der Waals surface area contributed by atoms with E-state index in [-0.39, 0.29) is 6.04 Å². The van der Waals surface area contributed by atoms with Gasteiger partial charge in [-0.15, -0.1) is 0 Å². The highest BCUT2D eigenvalue weighted by molar-refractivity contribution is 5.85. The number of aromatic amines is 1. The van der Waals surface area contributed by atoms with Crippen molar-refractivity contribution >= 4 is 10.9 Å². The van der Waals surface area contributed by atoms with E-state index in [0.29, 0.717) is 5.92 Å². The third-order valence-corrected chi connectivity index (χ3v) is 6.78. The number of benzene rings is 2. The van der Waals surface area contributed by atoms with Crippen LogP contribution in [0.3, 0.4) is 0 Å². The van der Waals surface area contributed by atoms with Gasteiger partial charge in [0, 0.05) is 28.8 Å².